The molecule has 4 rings (SSSR count). The number of thiophene rings is 1. The lowest BCUT2D eigenvalue weighted by atomic mass is 10.0. The molecule has 5 N–H and O–H groups in total. The molecule has 0 bridgehead atoms. The zero-order valence-corrected chi connectivity index (χ0v) is 19.5. The molecule has 1 aliphatic heterocycles. The molecule has 9 nitrogen and oxygen atoms in total. The van der Waals surface area contributed by atoms with Crippen LogP contribution in [0.2, 0.25) is 0 Å². The minimum Gasteiger partial charge on any atom is -0.481 e. The number of methoxy groups -OCH3 is 1. The summed E-state index contributed by atoms with van der Waals surface area (Å²) in [7, 11) is 1.49. The van der Waals surface area contributed by atoms with Gasteiger partial charge in [-0.05, 0) is 25.0 Å². The van der Waals surface area contributed by atoms with E-state index in [2.05, 4.69) is 15.3 Å². The van der Waals surface area contributed by atoms with E-state index < -0.39 is 29.5 Å². The van der Waals surface area contributed by atoms with E-state index in [-0.39, 0.29) is 33.5 Å². The highest BCUT2D eigenvalue weighted by Gasteiger charge is 2.37. The lowest BCUT2D eigenvalue weighted by Gasteiger charge is -2.34. The minimum atomic E-state index is -4.72. The van der Waals surface area contributed by atoms with Gasteiger partial charge in [0.2, 0.25) is 5.88 Å². The summed E-state index contributed by atoms with van der Waals surface area (Å²) in [6.45, 7) is 1.14. The Bertz CT molecular complexity index is 1230. The number of fused-ring (bicyclic) bond motifs is 1. The fourth-order valence-electron chi connectivity index (χ4n) is 4.08. The smallest absolute Gasteiger partial charge is 0.417 e. The number of hydrogen-bond acceptors (Lipinski definition) is 9. The summed E-state index contributed by atoms with van der Waals surface area (Å²) in [6.07, 6.45) is -4.32. The summed E-state index contributed by atoms with van der Waals surface area (Å²) >= 11 is 0.635. The molecule has 0 radical (unpaired) electrons. The molecular weight excluding hydrogens is 487 g/mol. The third-order valence-corrected chi connectivity index (χ3v) is 6.99. The van der Waals surface area contributed by atoms with Crippen molar-refractivity contribution in [1.82, 2.24) is 15.3 Å². The van der Waals surface area contributed by atoms with Crippen LogP contribution in [0.1, 0.15) is 39.9 Å². The monoisotopic (exact) mass is 511 g/mol. The quantitative estimate of drug-likeness (QED) is 0.377. The third-order valence-electron chi connectivity index (χ3n) is 5.90. The van der Waals surface area contributed by atoms with E-state index >= 15 is 0 Å². The summed E-state index contributed by atoms with van der Waals surface area (Å²) < 4.78 is 46.4. The summed E-state index contributed by atoms with van der Waals surface area (Å²) in [5, 5.41) is 22.6. The van der Waals surface area contributed by atoms with Crippen molar-refractivity contribution in [2.45, 2.75) is 31.2 Å². The molecule has 0 spiro atoms. The predicted molar refractivity (Wildman–Crippen MR) is 125 cm³/mol. The van der Waals surface area contributed by atoms with Gasteiger partial charge in [0.15, 0.2) is 0 Å². The van der Waals surface area contributed by atoms with E-state index in [1.807, 2.05) is 0 Å². The van der Waals surface area contributed by atoms with Gasteiger partial charge in [-0.2, -0.15) is 13.2 Å². The Morgan fingerprint density at radius 1 is 1.34 bits per heavy atom. The van der Waals surface area contributed by atoms with E-state index in [1.165, 1.54) is 7.11 Å². The molecule has 0 aliphatic carbocycles. The molecule has 3 aromatic heterocycles. The molecule has 1 aliphatic rings. The number of carbonyl (C=O) groups is 1. The molecule has 1 fully saturated rings. The van der Waals surface area contributed by atoms with Crippen LogP contribution in [0.15, 0.2) is 24.3 Å². The third kappa shape index (κ3) is 5.26. The molecule has 1 saturated heterocycles. The van der Waals surface area contributed by atoms with Crippen molar-refractivity contribution in [1.29, 1.82) is 0 Å². The first kappa shape index (κ1) is 24.9. The van der Waals surface area contributed by atoms with Crippen LogP contribution in [0, 0.1) is 0 Å². The van der Waals surface area contributed by atoms with E-state index in [0.717, 1.165) is 6.07 Å². The second-order valence-corrected chi connectivity index (χ2v) is 9.15. The number of aromatic carboxylic acids is 1. The van der Waals surface area contributed by atoms with E-state index in [9.17, 15) is 28.2 Å². The Balaban J connectivity index is 1.45. The number of ether oxygens (including phenoxy) is 1. The first-order chi connectivity index (χ1) is 16.6. The number of hydrogen-bond donors (Lipinski definition) is 4. The van der Waals surface area contributed by atoms with Crippen LogP contribution >= 0.6 is 11.3 Å². The van der Waals surface area contributed by atoms with E-state index in [4.69, 9.17) is 10.5 Å². The number of anilines is 2. The Hall–Kier alpha value is -3.16. The Morgan fingerprint density at radius 3 is 2.69 bits per heavy atom. The molecule has 4 heterocycles. The number of aliphatic hydroxyl groups is 1. The number of nitrogens with two attached hydrogens (primary N) is 1. The molecule has 1 atom stereocenters. The van der Waals surface area contributed by atoms with Crippen LogP contribution in [-0.4, -0.2) is 58.9 Å². The number of alkyl halides is 3. The van der Waals surface area contributed by atoms with E-state index in [0.29, 0.717) is 48.8 Å². The van der Waals surface area contributed by atoms with Crippen LogP contribution in [-0.2, 0) is 6.18 Å². The van der Waals surface area contributed by atoms with Crippen LogP contribution < -0.4 is 20.7 Å². The molecule has 0 aromatic carbocycles. The number of rotatable bonds is 7. The van der Waals surface area contributed by atoms with Gasteiger partial charge >= 0.3 is 12.1 Å². The molecule has 13 heteroatoms. The summed E-state index contributed by atoms with van der Waals surface area (Å²) in [4.78, 5) is 21.2. The second kappa shape index (κ2) is 9.84. The minimum absolute atomic E-state index is 0.0494. The first-order valence-corrected chi connectivity index (χ1v) is 11.6. The highest BCUT2D eigenvalue weighted by Crippen LogP contribution is 2.43. The van der Waals surface area contributed by atoms with Crippen LogP contribution in [0.3, 0.4) is 0 Å². The Labute approximate surface area is 202 Å². The number of nitrogen functional groups attached to an aromatic ring is 1. The predicted octanol–water partition coefficient (Wildman–Crippen LogP) is 3.29. The van der Waals surface area contributed by atoms with Crippen molar-refractivity contribution >= 4 is 39.0 Å². The highest BCUT2D eigenvalue weighted by atomic mass is 32.1. The number of carboxylic acids is 1. The number of nitrogens with zero attached hydrogens (tertiary/aromatic N) is 3. The maximum absolute atomic E-state index is 13.8. The van der Waals surface area contributed by atoms with Gasteiger partial charge in [-0.15, -0.1) is 11.3 Å². The fourth-order valence-corrected chi connectivity index (χ4v) is 5.03. The maximum atomic E-state index is 13.8. The number of carboxylic acid groups (broad SMARTS) is 1. The average Bonchev–Trinajstić information content (AvgIpc) is 3.18. The second-order valence-electron chi connectivity index (χ2n) is 8.15. The van der Waals surface area contributed by atoms with Crippen LogP contribution in [0.4, 0.5) is 24.7 Å². The molecule has 0 saturated carbocycles. The largest absolute Gasteiger partial charge is 0.481 e. The van der Waals surface area contributed by atoms with Crippen molar-refractivity contribution in [2.24, 2.45) is 0 Å². The number of pyridine rings is 2. The lowest BCUT2D eigenvalue weighted by molar-refractivity contribution is -0.136. The molecule has 188 valence electrons. The molecule has 3 aromatic rings. The van der Waals surface area contributed by atoms with Crippen LogP contribution in [0.25, 0.3) is 10.2 Å². The van der Waals surface area contributed by atoms with Crippen molar-refractivity contribution in [3.63, 3.8) is 0 Å². The SMILES string of the molecule is COc1cccc(C(O)CNC2CCN(c3cc(C(F)(F)F)c4c(N)c(C(=O)O)sc4n3)CC2)n1. The summed E-state index contributed by atoms with van der Waals surface area (Å²) in [5.41, 5.74) is 4.80. The number of nitrogens with one attached hydrogen (secondary N) is 1. The van der Waals surface area contributed by atoms with Gasteiger partial charge in [-0.1, -0.05) is 6.07 Å². The van der Waals surface area contributed by atoms with Gasteiger partial charge in [-0.3, -0.25) is 0 Å². The van der Waals surface area contributed by atoms with E-state index in [1.54, 1.807) is 23.1 Å². The Kier molecular flexibility index (Phi) is 7.01. The topological polar surface area (TPSA) is 134 Å². The van der Waals surface area contributed by atoms with Gasteiger partial charge in [-0.25, -0.2) is 14.8 Å². The standard InChI is InChI=1S/C22H24F3N5O4S/c1-34-16-4-2-3-13(28-16)14(31)10-27-11-5-7-30(8-6-11)15-9-12(22(23,24)25)17-18(26)19(21(32)33)35-20(17)29-15/h2-4,9,11,14,27,31H,5-8,10,26H2,1H3,(H,32,33). The molecule has 35 heavy (non-hydrogen) atoms. The normalized spacial score (nSPS) is 16.0. The van der Waals surface area contributed by atoms with Gasteiger partial charge < -0.3 is 30.9 Å². The summed E-state index contributed by atoms with van der Waals surface area (Å²) in [6, 6.07) is 6.10. The van der Waals surface area contributed by atoms with Crippen molar-refractivity contribution in [2.75, 3.05) is 37.4 Å². The molecular formula is C22H24F3N5O4S. The number of piperidine rings is 1. The summed E-state index contributed by atoms with van der Waals surface area (Å²) in [5.74, 6) is -0.860. The van der Waals surface area contributed by atoms with Crippen molar-refractivity contribution < 1.29 is 32.9 Å². The molecule has 0 amide bonds. The van der Waals surface area contributed by atoms with Crippen LogP contribution in [0.5, 0.6) is 5.88 Å². The highest BCUT2D eigenvalue weighted by molar-refractivity contribution is 7.21. The zero-order valence-electron chi connectivity index (χ0n) is 18.7. The van der Waals surface area contributed by atoms with Gasteiger partial charge in [0.05, 0.1) is 24.1 Å². The zero-order chi connectivity index (χ0) is 25.3. The molecule has 1 unspecified atom stereocenters. The van der Waals surface area contributed by atoms with Crippen molar-refractivity contribution in [3.8, 4) is 5.88 Å². The van der Waals surface area contributed by atoms with Gasteiger partial charge in [0.25, 0.3) is 0 Å². The first-order valence-electron chi connectivity index (χ1n) is 10.8. The average molecular weight is 512 g/mol. The fraction of sp³-hybridized carbons (Fsp3) is 0.409. The number of aromatic nitrogens is 2. The maximum Gasteiger partial charge on any atom is 0.417 e. The lowest BCUT2D eigenvalue weighted by Crippen LogP contribution is -2.44. The van der Waals surface area contributed by atoms with Gasteiger partial charge in [0, 0.05) is 37.1 Å². The van der Waals surface area contributed by atoms with Gasteiger partial charge in [0.1, 0.15) is 21.6 Å². The Morgan fingerprint density at radius 2 is 2.06 bits per heavy atom. The number of halogens is 3. The van der Waals surface area contributed by atoms with Crippen molar-refractivity contribution in [3.05, 3.63) is 40.4 Å². The number of aliphatic hydroxyl groups excluding tert-OH is 1.